The van der Waals surface area contributed by atoms with Crippen molar-refractivity contribution in [1.29, 1.82) is 0 Å². The minimum atomic E-state index is -3.60. The van der Waals surface area contributed by atoms with Crippen LogP contribution in [0, 0.1) is 0 Å². The lowest BCUT2D eigenvalue weighted by molar-refractivity contribution is 0.129. The summed E-state index contributed by atoms with van der Waals surface area (Å²) in [5.41, 5.74) is 6.84. The Bertz CT molecular complexity index is 1640. The quantitative estimate of drug-likeness (QED) is 0.116. The number of methoxy groups -OCH3 is 1. The van der Waals surface area contributed by atoms with Crippen LogP contribution < -0.4 is 4.74 Å². The molecular weight excluding hydrogens is 560 g/mol. The fourth-order valence-electron chi connectivity index (χ4n) is 5.58. The number of aromatic nitrogens is 4. The van der Waals surface area contributed by atoms with Crippen molar-refractivity contribution < 1.29 is 17.9 Å². The van der Waals surface area contributed by atoms with E-state index in [1.165, 1.54) is 22.9 Å². The minimum Gasteiger partial charge on any atom is -0.493 e. The van der Waals surface area contributed by atoms with E-state index < -0.39 is 9.84 Å². The van der Waals surface area contributed by atoms with Crippen LogP contribution in [0.1, 0.15) is 88.2 Å². The predicted molar refractivity (Wildman–Crippen MR) is 171 cm³/mol. The van der Waals surface area contributed by atoms with Gasteiger partial charge >= 0.3 is 0 Å². The van der Waals surface area contributed by atoms with Gasteiger partial charge in [0.25, 0.3) is 0 Å². The van der Waals surface area contributed by atoms with Gasteiger partial charge in [0.15, 0.2) is 0 Å². The standard InChI is InChI=1S/C34H44N4O4S/c1-22(2)26-16-17-28(31(24(5)6)30(26)23(3)4)42-20-12-15-29-37-32(25-13-10-9-11-14-25)33(38(29)21-41-7)27-18-19-35-34(36-27)43(8,39)40/h9-11,13-14,16-19,22-24H,12,15,20-21H2,1-8H3. The molecule has 0 unspecified atom stereocenters. The molecule has 2 aromatic heterocycles. The van der Waals surface area contributed by atoms with Gasteiger partial charge in [-0.05, 0) is 47.4 Å². The fourth-order valence-corrected chi connectivity index (χ4v) is 6.10. The van der Waals surface area contributed by atoms with Crippen molar-refractivity contribution in [2.75, 3.05) is 20.0 Å². The molecule has 0 bridgehead atoms. The van der Waals surface area contributed by atoms with Gasteiger partial charge in [-0.3, -0.25) is 0 Å². The molecule has 0 radical (unpaired) electrons. The summed E-state index contributed by atoms with van der Waals surface area (Å²) in [6.45, 7) is 14.2. The van der Waals surface area contributed by atoms with E-state index in [9.17, 15) is 8.42 Å². The van der Waals surface area contributed by atoms with E-state index in [0.29, 0.717) is 47.9 Å². The molecule has 4 rings (SSSR count). The molecule has 2 heterocycles. The molecule has 230 valence electrons. The summed E-state index contributed by atoms with van der Waals surface area (Å²) >= 11 is 0. The highest BCUT2D eigenvalue weighted by atomic mass is 32.2. The van der Waals surface area contributed by atoms with Gasteiger partial charge in [0.05, 0.1) is 23.7 Å². The molecule has 0 aliphatic rings. The number of rotatable bonds is 13. The molecule has 0 saturated heterocycles. The normalized spacial score (nSPS) is 12.1. The van der Waals surface area contributed by atoms with Crippen molar-refractivity contribution in [3.05, 3.63) is 77.2 Å². The lowest BCUT2D eigenvalue weighted by Gasteiger charge is -2.25. The number of nitrogens with zero attached hydrogens (tertiary/aromatic N) is 4. The first-order chi connectivity index (χ1) is 20.4. The number of aryl methyl sites for hydroxylation is 1. The van der Waals surface area contributed by atoms with Gasteiger partial charge in [-0.1, -0.05) is 77.9 Å². The van der Waals surface area contributed by atoms with Crippen LogP contribution in [0.3, 0.4) is 0 Å². The van der Waals surface area contributed by atoms with Crippen molar-refractivity contribution in [2.45, 2.75) is 84.0 Å². The molecule has 0 N–H and O–H groups in total. The fraction of sp³-hybridized carbons (Fsp3) is 0.441. The molecule has 2 aromatic carbocycles. The number of ether oxygens (including phenoxy) is 2. The Balaban J connectivity index is 1.68. The first kappa shape index (κ1) is 32.4. The molecule has 9 heteroatoms. The maximum atomic E-state index is 12.3. The Hall–Kier alpha value is -3.56. The summed E-state index contributed by atoms with van der Waals surface area (Å²) in [6.07, 6.45) is 3.93. The summed E-state index contributed by atoms with van der Waals surface area (Å²) in [4.78, 5) is 13.4. The van der Waals surface area contributed by atoms with Gasteiger partial charge in [0.2, 0.25) is 15.0 Å². The van der Waals surface area contributed by atoms with Crippen LogP contribution in [0.25, 0.3) is 22.6 Å². The second kappa shape index (κ2) is 13.8. The first-order valence-electron chi connectivity index (χ1n) is 14.9. The van der Waals surface area contributed by atoms with Crippen molar-refractivity contribution in [2.24, 2.45) is 0 Å². The SMILES string of the molecule is COCn1c(CCCOc2ccc(C(C)C)c(C(C)C)c2C(C)C)nc(-c2ccccc2)c1-c1ccnc(S(C)(=O)=O)n1. The van der Waals surface area contributed by atoms with Gasteiger partial charge < -0.3 is 14.0 Å². The highest BCUT2D eigenvalue weighted by Gasteiger charge is 2.24. The number of imidazole rings is 1. The largest absolute Gasteiger partial charge is 0.493 e. The zero-order valence-corrected chi connectivity index (χ0v) is 27.4. The molecule has 0 spiro atoms. The summed E-state index contributed by atoms with van der Waals surface area (Å²) in [5.74, 6) is 2.94. The highest BCUT2D eigenvalue weighted by molar-refractivity contribution is 7.90. The summed E-state index contributed by atoms with van der Waals surface area (Å²) in [7, 11) is -1.97. The summed E-state index contributed by atoms with van der Waals surface area (Å²) in [6, 6.07) is 15.9. The van der Waals surface area contributed by atoms with E-state index in [1.807, 2.05) is 34.9 Å². The topological polar surface area (TPSA) is 96.2 Å². The van der Waals surface area contributed by atoms with Crippen LogP contribution in [0.5, 0.6) is 5.75 Å². The average molecular weight is 605 g/mol. The van der Waals surface area contributed by atoms with Crippen molar-refractivity contribution in [3.8, 4) is 28.4 Å². The van der Waals surface area contributed by atoms with Gasteiger partial charge in [0, 0.05) is 37.1 Å². The van der Waals surface area contributed by atoms with Gasteiger partial charge in [-0.2, -0.15) is 0 Å². The van der Waals surface area contributed by atoms with Crippen LogP contribution in [-0.2, 0) is 27.7 Å². The first-order valence-corrected chi connectivity index (χ1v) is 16.8. The molecule has 0 saturated carbocycles. The Morgan fingerprint density at radius 1 is 0.860 bits per heavy atom. The number of benzene rings is 2. The van der Waals surface area contributed by atoms with E-state index in [4.69, 9.17) is 14.5 Å². The highest BCUT2D eigenvalue weighted by Crippen LogP contribution is 2.39. The van der Waals surface area contributed by atoms with Gasteiger partial charge in [-0.15, -0.1) is 0 Å². The number of hydrogen-bond acceptors (Lipinski definition) is 7. The van der Waals surface area contributed by atoms with Crippen molar-refractivity contribution in [1.82, 2.24) is 19.5 Å². The van der Waals surface area contributed by atoms with E-state index in [-0.39, 0.29) is 11.9 Å². The monoisotopic (exact) mass is 604 g/mol. The van der Waals surface area contributed by atoms with Crippen LogP contribution in [0.4, 0.5) is 0 Å². The van der Waals surface area contributed by atoms with Crippen LogP contribution in [0.2, 0.25) is 0 Å². The molecule has 4 aromatic rings. The molecule has 0 aliphatic carbocycles. The van der Waals surface area contributed by atoms with Gasteiger partial charge in [0.1, 0.15) is 18.3 Å². The van der Waals surface area contributed by atoms with Crippen LogP contribution in [-0.4, -0.2) is 47.9 Å². The smallest absolute Gasteiger partial charge is 0.247 e. The van der Waals surface area contributed by atoms with Gasteiger partial charge in [-0.25, -0.2) is 23.4 Å². The molecular formula is C34H44N4O4S. The zero-order chi connectivity index (χ0) is 31.3. The zero-order valence-electron chi connectivity index (χ0n) is 26.6. The molecule has 0 amide bonds. The third kappa shape index (κ3) is 7.33. The Labute approximate surface area is 256 Å². The second-order valence-electron chi connectivity index (χ2n) is 11.8. The maximum Gasteiger partial charge on any atom is 0.247 e. The summed E-state index contributed by atoms with van der Waals surface area (Å²) < 4.78 is 38.5. The molecule has 0 aliphatic heterocycles. The molecule has 43 heavy (non-hydrogen) atoms. The van der Waals surface area contributed by atoms with E-state index in [0.717, 1.165) is 29.8 Å². The van der Waals surface area contributed by atoms with E-state index in [2.05, 4.69) is 63.6 Å². The third-order valence-electron chi connectivity index (χ3n) is 7.42. The minimum absolute atomic E-state index is 0.227. The van der Waals surface area contributed by atoms with E-state index >= 15 is 0 Å². The van der Waals surface area contributed by atoms with Crippen LogP contribution in [0.15, 0.2) is 59.9 Å². The predicted octanol–water partition coefficient (Wildman–Crippen LogP) is 7.40. The molecule has 8 nitrogen and oxygen atoms in total. The number of sulfone groups is 1. The third-order valence-corrected chi connectivity index (χ3v) is 8.28. The molecule has 0 fully saturated rings. The van der Waals surface area contributed by atoms with Crippen LogP contribution >= 0.6 is 0 Å². The lowest BCUT2D eigenvalue weighted by Crippen LogP contribution is -2.12. The summed E-state index contributed by atoms with van der Waals surface area (Å²) in [5, 5.41) is -0.227. The second-order valence-corrected chi connectivity index (χ2v) is 13.7. The number of hydrogen-bond donors (Lipinski definition) is 0. The average Bonchev–Trinajstić information content (AvgIpc) is 3.32. The Morgan fingerprint density at radius 2 is 1.56 bits per heavy atom. The van der Waals surface area contributed by atoms with E-state index in [1.54, 1.807) is 13.2 Å². The Kier molecular flexibility index (Phi) is 10.4. The van der Waals surface area contributed by atoms with Crippen molar-refractivity contribution >= 4 is 9.84 Å². The maximum absolute atomic E-state index is 12.3. The van der Waals surface area contributed by atoms with Crippen molar-refractivity contribution in [3.63, 3.8) is 0 Å². The lowest BCUT2D eigenvalue weighted by atomic mass is 9.83. The molecule has 0 atom stereocenters. The Morgan fingerprint density at radius 3 is 2.16 bits per heavy atom.